The SMILES string of the molecule is COCCN1C(=O)C(CC(=O)Nc2ccc(C)c(C)c2)SC1=S. The molecule has 1 aliphatic heterocycles. The van der Waals surface area contributed by atoms with Crippen molar-refractivity contribution in [3.05, 3.63) is 29.3 Å². The van der Waals surface area contributed by atoms with Gasteiger partial charge in [-0.15, -0.1) is 0 Å². The quantitative estimate of drug-likeness (QED) is 0.797. The largest absolute Gasteiger partial charge is 0.383 e. The van der Waals surface area contributed by atoms with Gasteiger partial charge in [0.2, 0.25) is 11.8 Å². The van der Waals surface area contributed by atoms with Crippen molar-refractivity contribution in [2.75, 3.05) is 25.6 Å². The first kappa shape index (κ1) is 17.9. The van der Waals surface area contributed by atoms with Crippen molar-refractivity contribution >= 4 is 45.8 Å². The second-order valence-electron chi connectivity index (χ2n) is 5.41. The summed E-state index contributed by atoms with van der Waals surface area (Å²) < 4.78 is 5.48. The number of benzene rings is 1. The number of methoxy groups -OCH3 is 1. The summed E-state index contributed by atoms with van der Waals surface area (Å²) in [5.41, 5.74) is 3.03. The molecule has 124 valence electrons. The van der Waals surface area contributed by atoms with E-state index in [9.17, 15) is 9.59 Å². The number of amides is 2. The van der Waals surface area contributed by atoms with Crippen LogP contribution in [0.5, 0.6) is 0 Å². The van der Waals surface area contributed by atoms with Crippen LogP contribution in [0.4, 0.5) is 5.69 Å². The second-order valence-corrected chi connectivity index (χ2v) is 7.24. The Labute approximate surface area is 145 Å². The Morgan fingerprint density at radius 3 is 2.78 bits per heavy atom. The van der Waals surface area contributed by atoms with Crippen LogP contribution in [0.2, 0.25) is 0 Å². The highest BCUT2D eigenvalue weighted by molar-refractivity contribution is 8.24. The molecule has 7 heteroatoms. The lowest BCUT2D eigenvalue weighted by atomic mass is 10.1. The van der Waals surface area contributed by atoms with Gasteiger partial charge in [0.05, 0.1) is 18.4 Å². The number of nitrogens with one attached hydrogen (secondary N) is 1. The lowest BCUT2D eigenvalue weighted by Gasteiger charge is -2.14. The smallest absolute Gasteiger partial charge is 0.242 e. The number of hydrogen-bond acceptors (Lipinski definition) is 5. The van der Waals surface area contributed by atoms with Gasteiger partial charge in [0.15, 0.2) is 0 Å². The Bertz CT molecular complexity index is 634. The summed E-state index contributed by atoms with van der Waals surface area (Å²) in [6.07, 6.45) is 0.111. The Kier molecular flexibility index (Phi) is 6.15. The van der Waals surface area contributed by atoms with Gasteiger partial charge < -0.3 is 10.1 Å². The Balaban J connectivity index is 1.93. The van der Waals surface area contributed by atoms with Crippen LogP contribution >= 0.6 is 24.0 Å². The van der Waals surface area contributed by atoms with Crippen LogP contribution in [0.3, 0.4) is 0 Å². The third kappa shape index (κ3) is 4.53. The lowest BCUT2D eigenvalue weighted by Crippen LogP contribution is -2.35. The van der Waals surface area contributed by atoms with Gasteiger partial charge in [0.1, 0.15) is 4.32 Å². The minimum atomic E-state index is -0.453. The monoisotopic (exact) mass is 352 g/mol. The summed E-state index contributed by atoms with van der Waals surface area (Å²) in [6, 6.07) is 5.74. The van der Waals surface area contributed by atoms with E-state index in [1.54, 1.807) is 7.11 Å². The van der Waals surface area contributed by atoms with E-state index in [1.165, 1.54) is 22.2 Å². The van der Waals surface area contributed by atoms with E-state index in [4.69, 9.17) is 17.0 Å². The molecule has 23 heavy (non-hydrogen) atoms. The third-order valence-electron chi connectivity index (χ3n) is 3.69. The minimum Gasteiger partial charge on any atom is -0.383 e. The maximum Gasteiger partial charge on any atom is 0.242 e. The number of rotatable bonds is 6. The van der Waals surface area contributed by atoms with Crippen molar-refractivity contribution in [3.63, 3.8) is 0 Å². The molecule has 0 spiro atoms. The fourth-order valence-electron chi connectivity index (χ4n) is 2.21. The van der Waals surface area contributed by atoms with Gasteiger partial charge in [-0.1, -0.05) is 30.0 Å². The first-order valence-corrected chi connectivity index (χ1v) is 8.59. The number of nitrogens with zero attached hydrogens (tertiary/aromatic N) is 1. The van der Waals surface area contributed by atoms with Crippen LogP contribution in [0.15, 0.2) is 18.2 Å². The van der Waals surface area contributed by atoms with Crippen molar-refractivity contribution < 1.29 is 14.3 Å². The fraction of sp³-hybridized carbons (Fsp3) is 0.438. The molecule has 1 unspecified atom stereocenters. The average Bonchev–Trinajstić information content (AvgIpc) is 2.75. The van der Waals surface area contributed by atoms with Gasteiger partial charge in [-0.3, -0.25) is 14.5 Å². The second kappa shape index (κ2) is 7.90. The summed E-state index contributed by atoms with van der Waals surface area (Å²) in [5.74, 6) is -0.303. The summed E-state index contributed by atoms with van der Waals surface area (Å²) in [7, 11) is 1.57. The Hall–Kier alpha value is -1.44. The topological polar surface area (TPSA) is 58.6 Å². The van der Waals surface area contributed by atoms with E-state index in [0.717, 1.165) is 11.3 Å². The van der Waals surface area contributed by atoms with E-state index in [2.05, 4.69) is 5.32 Å². The summed E-state index contributed by atoms with van der Waals surface area (Å²) in [5, 5.41) is 2.39. The van der Waals surface area contributed by atoms with Crippen molar-refractivity contribution in [1.82, 2.24) is 4.90 Å². The van der Waals surface area contributed by atoms with Gasteiger partial charge in [0.25, 0.3) is 0 Å². The molecule has 1 fully saturated rings. The molecule has 2 amide bonds. The van der Waals surface area contributed by atoms with E-state index >= 15 is 0 Å². The molecule has 1 N–H and O–H groups in total. The lowest BCUT2D eigenvalue weighted by molar-refractivity contribution is -0.128. The summed E-state index contributed by atoms with van der Waals surface area (Å²) in [6.45, 7) is 4.86. The Morgan fingerprint density at radius 1 is 1.39 bits per heavy atom. The maximum absolute atomic E-state index is 12.3. The molecule has 1 aromatic rings. The average molecular weight is 352 g/mol. The van der Waals surface area contributed by atoms with Gasteiger partial charge in [-0.05, 0) is 37.1 Å². The normalized spacial score (nSPS) is 17.7. The molecule has 1 atom stereocenters. The third-order valence-corrected chi connectivity index (χ3v) is 5.27. The van der Waals surface area contributed by atoms with E-state index in [1.807, 2.05) is 32.0 Å². The van der Waals surface area contributed by atoms with Gasteiger partial charge in [-0.2, -0.15) is 0 Å². The van der Waals surface area contributed by atoms with Crippen molar-refractivity contribution in [3.8, 4) is 0 Å². The van der Waals surface area contributed by atoms with Crippen molar-refractivity contribution in [1.29, 1.82) is 0 Å². The van der Waals surface area contributed by atoms with Crippen LogP contribution in [-0.2, 0) is 14.3 Å². The van der Waals surface area contributed by atoms with Crippen LogP contribution in [0, 0.1) is 13.8 Å². The molecule has 0 aliphatic carbocycles. The number of aryl methyl sites for hydroxylation is 2. The van der Waals surface area contributed by atoms with Crippen LogP contribution in [0.25, 0.3) is 0 Å². The van der Waals surface area contributed by atoms with Crippen LogP contribution < -0.4 is 5.32 Å². The first-order chi connectivity index (χ1) is 10.9. The number of anilines is 1. The van der Waals surface area contributed by atoms with Crippen molar-refractivity contribution in [2.45, 2.75) is 25.5 Å². The first-order valence-electron chi connectivity index (χ1n) is 7.30. The standard InChI is InChI=1S/C16H20N2O3S2/c1-10-4-5-12(8-11(10)2)17-14(19)9-13-15(20)18(6-7-21-3)16(22)23-13/h4-5,8,13H,6-7,9H2,1-3H3,(H,17,19). The molecule has 1 saturated heterocycles. The predicted octanol–water partition coefficient (Wildman–Crippen LogP) is 2.51. The molecule has 5 nitrogen and oxygen atoms in total. The maximum atomic E-state index is 12.3. The molecular weight excluding hydrogens is 332 g/mol. The molecular formula is C16H20N2O3S2. The number of hydrogen-bond donors (Lipinski definition) is 1. The van der Waals surface area contributed by atoms with E-state index in [0.29, 0.717) is 17.5 Å². The summed E-state index contributed by atoms with van der Waals surface area (Å²) >= 11 is 6.47. The predicted molar refractivity (Wildman–Crippen MR) is 96.7 cm³/mol. The molecule has 1 aliphatic rings. The Morgan fingerprint density at radius 2 is 2.13 bits per heavy atom. The number of thioether (sulfide) groups is 1. The number of thiocarbonyl (C=S) groups is 1. The minimum absolute atomic E-state index is 0.111. The number of ether oxygens (including phenoxy) is 1. The highest BCUT2D eigenvalue weighted by atomic mass is 32.2. The molecule has 2 rings (SSSR count). The number of carbonyl (C=O) groups is 2. The fourth-order valence-corrected chi connectivity index (χ4v) is 3.76. The van der Waals surface area contributed by atoms with Gasteiger partial charge in [-0.25, -0.2) is 0 Å². The van der Waals surface area contributed by atoms with Gasteiger partial charge in [0, 0.05) is 19.2 Å². The molecule has 0 bridgehead atoms. The zero-order chi connectivity index (χ0) is 17.0. The van der Waals surface area contributed by atoms with E-state index < -0.39 is 5.25 Å². The molecule has 1 heterocycles. The zero-order valence-corrected chi connectivity index (χ0v) is 15.1. The molecule has 0 saturated carbocycles. The zero-order valence-electron chi connectivity index (χ0n) is 13.4. The molecule has 0 radical (unpaired) electrons. The van der Waals surface area contributed by atoms with Gasteiger partial charge >= 0.3 is 0 Å². The van der Waals surface area contributed by atoms with Crippen molar-refractivity contribution in [2.24, 2.45) is 0 Å². The summed E-state index contributed by atoms with van der Waals surface area (Å²) in [4.78, 5) is 26.0. The van der Waals surface area contributed by atoms with Crippen LogP contribution in [0.1, 0.15) is 17.5 Å². The highest BCUT2D eigenvalue weighted by Crippen LogP contribution is 2.29. The highest BCUT2D eigenvalue weighted by Gasteiger charge is 2.37. The van der Waals surface area contributed by atoms with E-state index in [-0.39, 0.29) is 18.2 Å². The van der Waals surface area contributed by atoms with Crippen LogP contribution in [-0.4, -0.2) is 46.5 Å². The molecule has 0 aromatic heterocycles. The number of carbonyl (C=O) groups excluding carboxylic acids is 2. The molecule has 1 aromatic carbocycles.